The van der Waals surface area contributed by atoms with Crippen molar-refractivity contribution in [1.82, 2.24) is 9.88 Å². The number of rotatable bonds is 4. The third-order valence-corrected chi connectivity index (χ3v) is 5.79. The summed E-state index contributed by atoms with van der Waals surface area (Å²) in [5, 5.41) is 0. The van der Waals surface area contributed by atoms with Gasteiger partial charge in [-0.05, 0) is 46.1 Å². The van der Waals surface area contributed by atoms with Gasteiger partial charge in [0.25, 0.3) is 0 Å². The lowest BCUT2D eigenvalue weighted by Crippen LogP contribution is -2.45. The summed E-state index contributed by atoms with van der Waals surface area (Å²) in [5.41, 5.74) is 1.44. The minimum absolute atomic E-state index is 0.115. The molecule has 134 valence electrons. The predicted molar refractivity (Wildman–Crippen MR) is 91.4 cm³/mol. The summed E-state index contributed by atoms with van der Waals surface area (Å²) in [7, 11) is 0. The summed E-state index contributed by atoms with van der Waals surface area (Å²) in [5.74, 6) is -0.912. The number of Topliss-reactive ketones (excluding diaryl/α,β-unsaturated/α-hetero) is 2. The zero-order valence-corrected chi connectivity index (χ0v) is 15.2. The van der Waals surface area contributed by atoms with E-state index in [0.717, 1.165) is 30.6 Å². The van der Waals surface area contributed by atoms with Crippen LogP contribution in [0.25, 0.3) is 0 Å². The molecule has 1 aromatic heterocycles. The molecule has 1 unspecified atom stereocenters. The zero-order chi connectivity index (χ0) is 18.5. The summed E-state index contributed by atoms with van der Waals surface area (Å²) < 4.78 is 0. The molecule has 1 aliphatic carbocycles. The van der Waals surface area contributed by atoms with E-state index >= 15 is 0 Å². The fraction of sp³-hybridized carbons (Fsp3) is 0.579. The Balaban J connectivity index is 1.91. The van der Waals surface area contributed by atoms with Gasteiger partial charge in [0, 0.05) is 17.7 Å². The SMILES string of the molecule is CC(=O)c1c(C)[nH]c(C(=O)C(C)N2C(=O)CC3(CCCC3)C2=O)c1C. The molecular formula is C19H24N2O4. The van der Waals surface area contributed by atoms with Gasteiger partial charge in [0.1, 0.15) is 6.04 Å². The van der Waals surface area contributed by atoms with Crippen LogP contribution in [0, 0.1) is 19.3 Å². The van der Waals surface area contributed by atoms with E-state index in [9.17, 15) is 19.2 Å². The highest BCUT2D eigenvalue weighted by molar-refractivity contribution is 6.12. The number of aromatic amines is 1. The molecular weight excluding hydrogens is 320 g/mol. The van der Waals surface area contributed by atoms with Crippen LogP contribution in [0.15, 0.2) is 0 Å². The van der Waals surface area contributed by atoms with Crippen molar-refractivity contribution in [2.45, 2.75) is 65.8 Å². The number of nitrogens with one attached hydrogen (secondary N) is 1. The van der Waals surface area contributed by atoms with Crippen molar-refractivity contribution in [2.24, 2.45) is 5.41 Å². The molecule has 2 amide bonds. The maximum absolute atomic E-state index is 12.9. The molecule has 1 atom stereocenters. The van der Waals surface area contributed by atoms with Gasteiger partial charge in [-0.3, -0.25) is 24.1 Å². The van der Waals surface area contributed by atoms with E-state index in [4.69, 9.17) is 0 Å². The van der Waals surface area contributed by atoms with Crippen molar-refractivity contribution < 1.29 is 19.2 Å². The van der Waals surface area contributed by atoms with Gasteiger partial charge < -0.3 is 4.98 Å². The van der Waals surface area contributed by atoms with E-state index in [1.165, 1.54) is 6.92 Å². The molecule has 1 N–H and O–H groups in total. The summed E-state index contributed by atoms with van der Waals surface area (Å²) >= 11 is 0. The molecule has 0 aromatic carbocycles. The van der Waals surface area contributed by atoms with Crippen molar-refractivity contribution in [2.75, 3.05) is 0 Å². The standard InChI is InChI=1S/C19H24N2O4/c1-10-15(13(4)22)11(2)20-16(10)17(24)12(3)21-14(23)9-19(18(21)25)7-5-6-8-19/h12,20H,5-9H2,1-4H3. The van der Waals surface area contributed by atoms with Crippen LogP contribution in [-0.4, -0.2) is 39.3 Å². The third-order valence-electron chi connectivity index (χ3n) is 5.79. The third kappa shape index (κ3) is 2.55. The second-order valence-electron chi connectivity index (χ2n) is 7.45. The Kier molecular flexibility index (Phi) is 4.17. The van der Waals surface area contributed by atoms with Gasteiger partial charge in [-0.25, -0.2) is 0 Å². The average molecular weight is 344 g/mol. The Bertz CT molecular complexity index is 784. The highest BCUT2D eigenvalue weighted by atomic mass is 16.2. The van der Waals surface area contributed by atoms with Crippen LogP contribution in [0.1, 0.15) is 78.1 Å². The number of ketones is 2. The van der Waals surface area contributed by atoms with Crippen LogP contribution in [0.2, 0.25) is 0 Å². The number of hydrogen-bond donors (Lipinski definition) is 1. The first-order valence-electron chi connectivity index (χ1n) is 8.80. The molecule has 2 heterocycles. The van der Waals surface area contributed by atoms with E-state index < -0.39 is 11.5 Å². The van der Waals surface area contributed by atoms with Gasteiger partial charge in [0.2, 0.25) is 17.6 Å². The molecule has 1 aromatic rings. The van der Waals surface area contributed by atoms with E-state index in [-0.39, 0.29) is 29.8 Å². The van der Waals surface area contributed by atoms with Crippen molar-refractivity contribution >= 4 is 23.4 Å². The molecule has 25 heavy (non-hydrogen) atoms. The largest absolute Gasteiger partial charge is 0.355 e. The second-order valence-corrected chi connectivity index (χ2v) is 7.45. The fourth-order valence-corrected chi connectivity index (χ4v) is 4.50. The van der Waals surface area contributed by atoms with Gasteiger partial charge in [-0.2, -0.15) is 0 Å². The molecule has 6 nitrogen and oxygen atoms in total. The summed E-state index contributed by atoms with van der Waals surface area (Å²) in [4.78, 5) is 54.2. The van der Waals surface area contributed by atoms with Crippen LogP contribution in [0.4, 0.5) is 0 Å². The van der Waals surface area contributed by atoms with Gasteiger partial charge >= 0.3 is 0 Å². The smallest absolute Gasteiger partial charge is 0.236 e. The topological polar surface area (TPSA) is 87.3 Å². The van der Waals surface area contributed by atoms with Crippen LogP contribution >= 0.6 is 0 Å². The zero-order valence-electron chi connectivity index (χ0n) is 15.2. The number of carbonyl (C=O) groups is 4. The molecule has 2 aliphatic rings. The van der Waals surface area contributed by atoms with E-state index in [1.54, 1.807) is 20.8 Å². The number of hydrogen-bond acceptors (Lipinski definition) is 4. The lowest BCUT2D eigenvalue weighted by molar-refractivity contribution is -0.142. The summed E-state index contributed by atoms with van der Waals surface area (Å²) in [6.45, 7) is 6.50. The molecule has 3 rings (SSSR count). The Hall–Kier alpha value is -2.24. The summed E-state index contributed by atoms with van der Waals surface area (Å²) in [6.07, 6.45) is 3.57. The fourth-order valence-electron chi connectivity index (χ4n) is 4.50. The van der Waals surface area contributed by atoms with Gasteiger partial charge in [0.15, 0.2) is 5.78 Å². The van der Waals surface area contributed by atoms with Crippen LogP contribution in [-0.2, 0) is 9.59 Å². The number of aryl methyl sites for hydroxylation is 1. The number of amides is 2. The average Bonchev–Trinajstić information content (AvgIpc) is 3.17. The Morgan fingerprint density at radius 2 is 1.76 bits per heavy atom. The highest BCUT2D eigenvalue weighted by Crippen LogP contribution is 2.47. The predicted octanol–water partition coefficient (Wildman–Crippen LogP) is 2.72. The Morgan fingerprint density at radius 1 is 1.16 bits per heavy atom. The number of likely N-dealkylation sites (tertiary alicyclic amines) is 1. The quantitative estimate of drug-likeness (QED) is 0.672. The van der Waals surface area contributed by atoms with E-state index in [2.05, 4.69) is 4.98 Å². The number of nitrogens with zero attached hydrogens (tertiary/aromatic N) is 1. The maximum atomic E-state index is 12.9. The molecule has 0 bridgehead atoms. The molecule has 0 radical (unpaired) electrons. The molecule has 1 spiro atoms. The van der Waals surface area contributed by atoms with Crippen molar-refractivity contribution in [3.8, 4) is 0 Å². The monoisotopic (exact) mass is 344 g/mol. The molecule has 1 saturated heterocycles. The minimum Gasteiger partial charge on any atom is -0.355 e. The molecule has 1 aliphatic heterocycles. The molecule has 2 fully saturated rings. The highest BCUT2D eigenvalue weighted by Gasteiger charge is 2.54. The van der Waals surface area contributed by atoms with Crippen molar-refractivity contribution in [1.29, 1.82) is 0 Å². The number of carbonyl (C=O) groups excluding carboxylic acids is 4. The van der Waals surface area contributed by atoms with Crippen molar-refractivity contribution in [3.63, 3.8) is 0 Å². The second kappa shape index (κ2) is 5.93. The summed E-state index contributed by atoms with van der Waals surface area (Å²) in [6, 6.07) is -0.864. The maximum Gasteiger partial charge on any atom is 0.236 e. The lowest BCUT2D eigenvalue weighted by Gasteiger charge is -2.25. The Labute approximate surface area is 147 Å². The minimum atomic E-state index is -0.864. The van der Waals surface area contributed by atoms with Crippen LogP contribution in [0.5, 0.6) is 0 Å². The van der Waals surface area contributed by atoms with E-state index in [1.807, 2.05) is 0 Å². The van der Waals surface area contributed by atoms with Crippen LogP contribution < -0.4 is 0 Å². The van der Waals surface area contributed by atoms with Gasteiger partial charge in [0.05, 0.1) is 11.1 Å². The molecule has 6 heteroatoms. The first-order chi connectivity index (χ1) is 11.7. The first kappa shape index (κ1) is 17.6. The van der Waals surface area contributed by atoms with Gasteiger partial charge in [-0.1, -0.05) is 12.8 Å². The van der Waals surface area contributed by atoms with Crippen molar-refractivity contribution in [3.05, 3.63) is 22.5 Å². The van der Waals surface area contributed by atoms with E-state index in [0.29, 0.717) is 22.5 Å². The number of H-pyrrole nitrogens is 1. The Morgan fingerprint density at radius 3 is 2.28 bits per heavy atom. The molecule has 1 saturated carbocycles. The number of imide groups is 1. The normalized spacial score (nSPS) is 20.6. The first-order valence-corrected chi connectivity index (χ1v) is 8.80. The number of aromatic nitrogens is 1. The van der Waals surface area contributed by atoms with Crippen LogP contribution in [0.3, 0.4) is 0 Å². The van der Waals surface area contributed by atoms with Gasteiger partial charge in [-0.15, -0.1) is 0 Å². The lowest BCUT2D eigenvalue weighted by atomic mass is 9.84.